The summed E-state index contributed by atoms with van der Waals surface area (Å²) in [6, 6.07) is 4.44. The molecule has 3 N–H and O–H groups in total. The van der Waals surface area contributed by atoms with Crippen molar-refractivity contribution in [1.29, 1.82) is 0 Å². The third kappa shape index (κ3) is 2.29. The maximum atomic E-state index is 10.6. The van der Waals surface area contributed by atoms with Gasteiger partial charge < -0.3 is 10.8 Å². The van der Waals surface area contributed by atoms with Crippen molar-refractivity contribution in [2.45, 2.75) is 13.0 Å². The molecule has 0 saturated carbocycles. The molecule has 0 spiro atoms. The van der Waals surface area contributed by atoms with Crippen LogP contribution in [0, 0.1) is 6.92 Å². The van der Waals surface area contributed by atoms with Gasteiger partial charge in [-0.15, -0.1) is 0 Å². The Morgan fingerprint density at radius 3 is 2.69 bits per heavy atom. The summed E-state index contributed by atoms with van der Waals surface area (Å²) in [5.41, 5.74) is 7.12. The number of nitrogens with two attached hydrogens (primary N) is 1. The Labute approximate surface area is 84.7 Å². The number of aryl methyl sites for hydroxylation is 1. The Hall–Kier alpha value is -0.870. The van der Waals surface area contributed by atoms with Crippen LogP contribution in [0.15, 0.2) is 22.7 Å². The topological polar surface area (TPSA) is 63.3 Å². The molecule has 0 bridgehead atoms. The van der Waals surface area contributed by atoms with E-state index < -0.39 is 12.0 Å². The normalized spacial score (nSPS) is 12.5. The van der Waals surface area contributed by atoms with Crippen LogP contribution in [0.4, 0.5) is 0 Å². The van der Waals surface area contributed by atoms with Gasteiger partial charge in [0.25, 0.3) is 0 Å². The van der Waals surface area contributed by atoms with E-state index in [1.165, 1.54) is 0 Å². The number of benzene rings is 1. The van der Waals surface area contributed by atoms with Crippen molar-refractivity contribution < 1.29 is 9.90 Å². The Bertz CT molecular complexity index is 338. The summed E-state index contributed by atoms with van der Waals surface area (Å²) in [6.45, 7) is 1.93. The first kappa shape index (κ1) is 10.2. The number of carbonyl (C=O) groups is 1. The van der Waals surface area contributed by atoms with E-state index in [1.807, 2.05) is 19.1 Å². The largest absolute Gasteiger partial charge is 0.480 e. The lowest BCUT2D eigenvalue weighted by Gasteiger charge is -2.09. The van der Waals surface area contributed by atoms with Crippen LogP contribution in [0.1, 0.15) is 17.2 Å². The highest BCUT2D eigenvalue weighted by atomic mass is 79.9. The number of carboxylic acids is 1. The third-order valence-corrected chi connectivity index (χ3v) is 2.44. The molecule has 0 aliphatic rings. The molecule has 0 aliphatic heterocycles. The lowest BCUT2D eigenvalue weighted by atomic mass is 10.1. The van der Waals surface area contributed by atoms with Crippen LogP contribution in [0.25, 0.3) is 0 Å². The molecular weight excluding hydrogens is 234 g/mol. The molecule has 0 heterocycles. The van der Waals surface area contributed by atoms with Gasteiger partial charge in [-0.05, 0) is 24.1 Å². The molecule has 0 aromatic heterocycles. The molecule has 0 fully saturated rings. The number of hydrogen-bond acceptors (Lipinski definition) is 2. The van der Waals surface area contributed by atoms with E-state index in [1.54, 1.807) is 6.07 Å². The standard InChI is InChI=1S/C9H10BrNO2/c1-5-2-3-6(7(10)4-5)8(11)9(12)13/h2-4,8H,11H2,1H3,(H,12,13). The van der Waals surface area contributed by atoms with Crippen LogP contribution in [0.5, 0.6) is 0 Å². The molecule has 1 aromatic carbocycles. The number of carboxylic acid groups (broad SMARTS) is 1. The maximum absolute atomic E-state index is 10.6. The molecular formula is C9H10BrNO2. The van der Waals surface area contributed by atoms with Gasteiger partial charge in [-0.25, -0.2) is 0 Å². The lowest BCUT2D eigenvalue weighted by Crippen LogP contribution is -2.21. The van der Waals surface area contributed by atoms with Gasteiger partial charge in [0.15, 0.2) is 0 Å². The second-order valence-corrected chi connectivity index (χ2v) is 3.70. The van der Waals surface area contributed by atoms with E-state index in [-0.39, 0.29) is 0 Å². The zero-order valence-electron chi connectivity index (χ0n) is 7.12. The fourth-order valence-electron chi connectivity index (χ4n) is 1.02. The van der Waals surface area contributed by atoms with E-state index in [0.29, 0.717) is 5.56 Å². The van der Waals surface area contributed by atoms with Crippen LogP contribution in [-0.2, 0) is 4.79 Å². The van der Waals surface area contributed by atoms with Crippen molar-refractivity contribution >= 4 is 21.9 Å². The summed E-state index contributed by atoms with van der Waals surface area (Å²) in [7, 11) is 0. The summed E-state index contributed by atoms with van der Waals surface area (Å²) in [6.07, 6.45) is 0. The average Bonchev–Trinajstić information content (AvgIpc) is 2.03. The van der Waals surface area contributed by atoms with Crippen LogP contribution >= 0.6 is 15.9 Å². The van der Waals surface area contributed by atoms with Gasteiger partial charge in [-0.2, -0.15) is 0 Å². The van der Waals surface area contributed by atoms with E-state index in [9.17, 15) is 4.79 Å². The van der Waals surface area contributed by atoms with Gasteiger partial charge in [0.2, 0.25) is 0 Å². The SMILES string of the molecule is Cc1ccc(C(N)C(=O)O)c(Br)c1. The summed E-state index contributed by atoms with van der Waals surface area (Å²) in [5, 5.41) is 8.68. The summed E-state index contributed by atoms with van der Waals surface area (Å²) >= 11 is 3.27. The first-order valence-electron chi connectivity index (χ1n) is 3.77. The van der Waals surface area contributed by atoms with Crippen LogP contribution in [-0.4, -0.2) is 11.1 Å². The van der Waals surface area contributed by atoms with Gasteiger partial charge >= 0.3 is 5.97 Å². The zero-order valence-corrected chi connectivity index (χ0v) is 8.71. The third-order valence-electron chi connectivity index (χ3n) is 1.76. The van der Waals surface area contributed by atoms with Crippen molar-refractivity contribution in [3.63, 3.8) is 0 Å². The highest BCUT2D eigenvalue weighted by molar-refractivity contribution is 9.10. The van der Waals surface area contributed by atoms with E-state index in [0.717, 1.165) is 10.0 Å². The van der Waals surface area contributed by atoms with Crippen molar-refractivity contribution in [2.24, 2.45) is 5.73 Å². The van der Waals surface area contributed by atoms with Gasteiger partial charge in [-0.3, -0.25) is 4.79 Å². The van der Waals surface area contributed by atoms with E-state index in [2.05, 4.69) is 15.9 Å². The molecule has 0 radical (unpaired) electrons. The number of halogens is 1. The second-order valence-electron chi connectivity index (χ2n) is 2.84. The Balaban J connectivity index is 3.08. The number of rotatable bonds is 2. The fourth-order valence-corrected chi connectivity index (χ4v) is 1.76. The molecule has 1 unspecified atom stereocenters. The second kappa shape index (κ2) is 3.89. The van der Waals surface area contributed by atoms with E-state index >= 15 is 0 Å². The van der Waals surface area contributed by atoms with Crippen molar-refractivity contribution in [3.05, 3.63) is 33.8 Å². The molecule has 0 amide bonds. The first-order chi connectivity index (χ1) is 6.02. The molecule has 1 aromatic rings. The highest BCUT2D eigenvalue weighted by Crippen LogP contribution is 2.23. The summed E-state index contributed by atoms with van der Waals surface area (Å²) in [4.78, 5) is 10.6. The maximum Gasteiger partial charge on any atom is 0.325 e. The minimum atomic E-state index is -1.02. The quantitative estimate of drug-likeness (QED) is 0.834. The lowest BCUT2D eigenvalue weighted by molar-refractivity contribution is -0.138. The average molecular weight is 244 g/mol. The highest BCUT2D eigenvalue weighted by Gasteiger charge is 2.16. The summed E-state index contributed by atoms with van der Waals surface area (Å²) in [5.74, 6) is -1.02. The van der Waals surface area contributed by atoms with Crippen LogP contribution in [0.2, 0.25) is 0 Å². The molecule has 4 heteroatoms. The predicted octanol–water partition coefficient (Wildman–Crippen LogP) is 1.84. The minimum Gasteiger partial charge on any atom is -0.480 e. The van der Waals surface area contributed by atoms with Crippen molar-refractivity contribution in [1.82, 2.24) is 0 Å². The molecule has 3 nitrogen and oxygen atoms in total. The molecule has 1 atom stereocenters. The molecule has 0 aliphatic carbocycles. The zero-order chi connectivity index (χ0) is 10.0. The summed E-state index contributed by atoms with van der Waals surface area (Å²) < 4.78 is 0.738. The Morgan fingerprint density at radius 2 is 2.23 bits per heavy atom. The molecule has 1 rings (SSSR count). The van der Waals surface area contributed by atoms with Crippen LogP contribution < -0.4 is 5.73 Å². The van der Waals surface area contributed by atoms with E-state index in [4.69, 9.17) is 10.8 Å². The fraction of sp³-hybridized carbons (Fsp3) is 0.222. The molecule has 0 saturated heterocycles. The predicted molar refractivity (Wildman–Crippen MR) is 53.4 cm³/mol. The number of aliphatic carboxylic acids is 1. The van der Waals surface area contributed by atoms with Crippen molar-refractivity contribution in [3.8, 4) is 0 Å². The molecule has 13 heavy (non-hydrogen) atoms. The minimum absolute atomic E-state index is 0.595. The van der Waals surface area contributed by atoms with Gasteiger partial charge in [0.05, 0.1) is 0 Å². The van der Waals surface area contributed by atoms with Gasteiger partial charge in [0, 0.05) is 4.47 Å². The van der Waals surface area contributed by atoms with Gasteiger partial charge in [0.1, 0.15) is 6.04 Å². The Morgan fingerprint density at radius 1 is 1.62 bits per heavy atom. The monoisotopic (exact) mass is 243 g/mol. The van der Waals surface area contributed by atoms with Gasteiger partial charge in [-0.1, -0.05) is 28.1 Å². The smallest absolute Gasteiger partial charge is 0.325 e. The first-order valence-corrected chi connectivity index (χ1v) is 4.56. The molecule has 70 valence electrons. The van der Waals surface area contributed by atoms with Crippen molar-refractivity contribution in [2.75, 3.05) is 0 Å². The number of hydrogen-bond donors (Lipinski definition) is 2. The Kier molecular flexibility index (Phi) is 3.06. The van der Waals surface area contributed by atoms with Crippen LogP contribution in [0.3, 0.4) is 0 Å².